The van der Waals surface area contributed by atoms with Crippen molar-refractivity contribution in [2.45, 2.75) is 13.3 Å². The maximum absolute atomic E-state index is 11.5. The first kappa shape index (κ1) is 16.0. The molecule has 0 spiro atoms. The van der Waals surface area contributed by atoms with Crippen LogP contribution in [0.25, 0.3) is 0 Å². The number of nitrogen functional groups attached to an aromatic ring is 1. The van der Waals surface area contributed by atoms with E-state index in [1.165, 1.54) is 6.07 Å². The van der Waals surface area contributed by atoms with Crippen molar-refractivity contribution in [1.82, 2.24) is 0 Å². The Hall–Kier alpha value is -1.01. The van der Waals surface area contributed by atoms with E-state index in [2.05, 4.69) is 0 Å². The molecule has 104 valence electrons. The zero-order valence-corrected chi connectivity index (χ0v) is 13.5. The van der Waals surface area contributed by atoms with Gasteiger partial charge >= 0.3 is 0 Å². The third kappa shape index (κ3) is 4.87. The minimum absolute atomic E-state index is 0.0314. The number of hydrogen-bond acceptors (Lipinski definition) is 5. The molecule has 2 N–H and O–H groups in total. The zero-order chi connectivity index (χ0) is 14.5. The summed E-state index contributed by atoms with van der Waals surface area (Å²) in [5, 5.41) is 8.79. The van der Waals surface area contributed by atoms with Gasteiger partial charge in [0.05, 0.1) is 32.4 Å². The van der Waals surface area contributed by atoms with Crippen molar-refractivity contribution in [3.05, 3.63) is 21.3 Å². The smallest absolute Gasteiger partial charge is 0.155 e. The average molecular weight is 394 g/mol. The number of nitriles is 1. The highest BCUT2D eigenvalue weighted by atomic mass is 127. The highest BCUT2D eigenvalue weighted by molar-refractivity contribution is 14.1. The van der Waals surface area contributed by atoms with Gasteiger partial charge in [-0.25, -0.2) is 8.42 Å². The number of benzene rings is 1. The molecule has 1 aromatic carbocycles. The van der Waals surface area contributed by atoms with Crippen LogP contribution in [0.5, 0.6) is 5.75 Å². The molecule has 0 atom stereocenters. The van der Waals surface area contributed by atoms with E-state index in [-0.39, 0.29) is 18.1 Å². The molecule has 5 nitrogen and oxygen atoms in total. The lowest BCUT2D eigenvalue weighted by Crippen LogP contribution is -2.17. The first-order valence-electron chi connectivity index (χ1n) is 5.72. The quantitative estimate of drug-likeness (QED) is 0.588. The SMILES string of the molecule is CCCS(=O)(=O)CCOc1c(N)cc(C#N)cc1I. The lowest BCUT2D eigenvalue weighted by atomic mass is 10.2. The van der Waals surface area contributed by atoms with Crippen molar-refractivity contribution in [2.24, 2.45) is 0 Å². The maximum atomic E-state index is 11.5. The fraction of sp³-hybridized carbons (Fsp3) is 0.417. The van der Waals surface area contributed by atoms with Gasteiger partial charge in [-0.1, -0.05) is 6.92 Å². The molecule has 0 amide bonds. The fourth-order valence-electron chi connectivity index (χ4n) is 1.52. The van der Waals surface area contributed by atoms with Gasteiger partial charge in [-0.15, -0.1) is 0 Å². The zero-order valence-electron chi connectivity index (χ0n) is 10.5. The van der Waals surface area contributed by atoms with Crippen molar-refractivity contribution in [3.63, 3.8) is 0 Å². The molecule has 7 heteroatoms. The summed E-state index contributed by atoms with van der Waals surface area (Å²) in [6.07, 6.45) is 0.596. The second-order valence-corrected chi connectivity index (χ2v) is 7.45. The molecule has 0 fully saturated rings. The van der Waals surface area contributed by atoms with Gasteiger partial charge in [0.15, 0.2) is 15.6 Å². The van der Waals surface area contributed by atoms with Gasteiger partial charge in [0.25, 0.3) is 0 Å². The molecule has 0 saturated carbocycles. The Morgan fingerprint density at radius 3 is 2.63 bits per heavy atom. The van der Waals surface area contributed by atoms with Crippen LogP contribution in [0.15, 0.2) is 12.1 Å². The Morgan fingerprint density at radius 2 is 2.11 bits per heavy atom. The van der Waals surface area contributed by atoms with Gasteiger partial charge in [0, 0.05) is 0 Å². The number of anilines is 1. The predicted molar refractivity (Wildman–Crippen MR) is 82.7 cm³/mol. The lowest BCUT2D eigenvalue weighted by molar-refractivity contribution is 0.340. The molecule has 1 aromatic rings. The van der Waals surface area contributed by atoms with Crippen LogP contribution in [0.2, 0.25) is 0 Å². The first-order chi connectivity index (χ1) is 8.89. The molecule has 0 unspecified atom stereocenters. The molecule has 0 aromatic heterocycles. The van der Waals surface area contributed by atoms with E-state index in [1.54, 1.807) is 6.07 Å². The van der Waals surface area contributed by atoms with Crippen LogP contribution in [-0.2, 0) is 9.84 Å². The normalized spacial score (nSPS) is 11.0. The minimum atomic E-state index is -3.06. The van der Waals surface area contributed by atoms with Crippen molar-refractivity contribution in [1.29, 1.82) is 5.26 Å². The van der Waals surface area contributed by atoms with E-state index < -0.39 is 9.84 Å². The minimum Gasteiger partial charge on any atom is -0.489 e. The van der Waals surface area contributed by atoms with Crippen molar-refractivity contribution in [3.8, 4) is 11.8 Å². The lowest BCUT2D eigenvalue weighted by Gasteiger charge is -2.11. The summed E-state index contributed by atoms with van der Waals surface area (Å²) >= 11 is 2.01. The summed E-state index contributed by atoms with van der Waals surface area (Å²) in [4.78, 5) is 0. The third-order valence-electron chi connectivity index (χ3n) is 2.36. The van der Waals surface area contributed by atoms with Crippen LogP contribution in [0.1, 0.15) is 18.9 Å². The third-order valence-corrected chi connectivity index (χ3v) is 4.98. The second kappa shape index (κ2) is 6.96. The van der Waals surface area contributed by atoms with E-state index >= 15 is 0 Å². The summed E-state index contributed by atoms with van der Waals surface area (Å²) in [6, 6.07) is 5.15. The van der Waals surface area contributed by atoms with Crippen LogP contribution in [0.3, 0.4) is 0 Å². The number of nitrogens with zero attached hydrogens (tertiary/aromatic N) is 1. The maximum Gasteiger partial charge on any atom is 0.155 e. The first-order valence-corrected chi connectivity index (χ1v) is 8.62. The van der Waals surface area contributed by atoms with Gasteiger partial charge < -0.3 is 10.5 Å². The Balaban J connectivity index is 2.72. The molecule has 19 heavy (non-hydrogen) atoms. The van der Waals surface area contributed by atoms with Crippen molar-refractivity contribution in [2.75, 3.05) is 23.8 Å². The highest BCUT2D eigenvalue weighted by Crippen LogP contribution is 2.29. The summed E-state index contributed by atoms with van der Waals surface area (Å²) in [6.45, 7) is 1.88. The van der Waals surface area contributed by atoms with Crippen LogP contribution in [0.4, 0.5) is 5.69 Å². The van der Waals surface area contributed by atoms with E-state index in [0.717, 1.165) is 0 Å². The van der Waals surface area contributed by atoms with Gasteiger partial charge in [0.1, 0.15) is 6.61 Å². The van der Waals surface area contributed by atoms with Gasteiger partial charge in [-0.2, -0.15) is 5.26 Å². The van der Waals surface area contributed by atoms with Crippen molar-refractivity contribution < 1.29 is 13.2 Å². The molecule has 1 rings (SSSR count). The van der Waals surface area contributed by atoms with Crippen LogP contribution < -0.4 is 10.5 Å². The number of nitrogens with two attached hydrogens (primary N) is 1. The summed E-state index contributed by atoms with van der Waals surface area (Å²) in [5.74, 6) is 0.568. The van der Waals surface area contributed by atoms with Gasteiger partial charge in [-0.3, -0.25) is 0 Å². The van der Waals surface area contributed by atoms with E-state index in [1.807, 2.05) is 35.6 Å². The number of ether oxygens (including phenoxy) is 1. The second-order valence-electron chi connectivity index (χ2n) is 3.99. The topological polar surface area (TPSA) is 93.2 Å². The van der Waals surface area contributed by atoms with Crippen LogP contribution in [-0.4, -0.2) is 26.5 Å². The molecular formula is C12H15IN2O3S. The van der Waals surface area contributed by atoms with Crippen LogP contribution >= 0.6 is 22.6 Å². The van der Waals surface area contributed by atoms with Gasteiger partial charge in [-0.05, 0) is 41.1 Å². The van der Waals surface area contributed by atoms with E-state index in [4.69, 9.17) is 15.7 Å². The fourth-order valence-corrected chi connectivity index (χ4v) is 3.48. The molecule has 0 aliphatic rings. The van der Waals surface area contributed by atoms with Gasteiger partial charge in [0.2, 0.25) is 0 Å². The molecule has 0 aliphatic carbocycles. The Labute approximate surface area is 126 Å². The summed E-state index contributed by atoms with van der Waals surface area (Å²) in [5.41, 5.74) is 6.57. The summed E-state index contributed by atoms with van der Waals surface area (Å²) in [7, 11) is -3.06. The summed E-state index contributed by atoms with van der Waals surface area (Å²) < 4.78 is 29.2. The largest absolute Gasteiger partial charge is 0.489 e. The number of rotatable bonds is 6. The Morgan fingerprint density at radius 1 is 1.42 bits per heavy atom. The molecule has 0 radical (unpaired) electrons. The predicted octanol–water partition coefficient (Wildman–Crippen LogP) is 1.95. The highest BCUT2D eigenvalue weighted by Gasteiger charge is 2.12. The van der Waals surface area contributed by atoms with E-state index in [9.17, 15) is 8.42 Å². The Kier molecular flexibility index (Phi) is 5.87. The average Bonchev–Trinajstić information content (AvgIpc) is 2.32. The van der Waals surface area contributed by atoms with Crippen molar-refractivity contribution >= 4 is 38.1 Å². The number of sulfone groups is 1. The number of halogens is 1. The molecular weight excluding hydrogens is 379 g/mol. The molecule has 0 heterocycles. The molecule has 0 saturated heterocycles. The van der Waals surface area contributed by atoms with E-state index in [0.29, 0.717) is 27.0 Å². The number of hydrogen-bond donors (Lipinski definition) is 1. The molecule has 0 aliphatic heterocycles. The van der Waals surface area contributed by atoms with Crippen LogP contribution in [0, 0.1) is 14.9 Å². The monoisotopic (exact) mass is 394 g/mol. The standard InChI is InChI=1S/C12H15IN2O3S/c1-2-4-19(16,17)5-3-18-12-10(13)6-9(8-14)7-11(12)15/h6-7H,2-5,15H2,1H3. The molecule has 0 bridgehead atoms. The Bertz CT molecular complexity index is 570.